The first-order valence-electron chi connectivity index (χ1n) is 2.14. The zero-order valence-corrected chi connectivity index (χ0v) is 5.23. The first-order chi connectivity index (χ1) is 2.77. The van der Waals surface area contributed by atoms with Crippen molar-refractivity contribution in [1.29, 1.82) is 5.26 Å². The topological polar surface area (TPSA) is 23.8 Å². The zero-order chi connectivity index (χ0) is 4.99. The minimum absolute atomic E-state index is 0. The molecule has 2 heteroatoms. The Morgan fingerprint density at radius 1 is 1.57 bits per heavy atom. The minimum atomic E-state index is 0. The molecule has 0 aromatic rings. The second-order valence-electron chi connectivity index (χ2n) is 1.76. The number of hydrogen-bond donors (Lipinski definition) is 0. The first kappa shape index (κ1) is 10.1. The van der Waals surface area contributed by atoms with Crippen molar-refractivity contribution in [3.8, 4) is 6.07 Å². The van der Waals surface area contributed by atoms with Crippen LogP contribution in [0.15, 0.2) is 0 Å². The molecule has 1 nitrogen and oxygen atoms in total. The number of hydrogen-bond acceptors (Lipinski definition) is 1. The van der Waals surface area contributed by atoms with Crippen LogP contribution in [0.4, 0.5) is 0 Å². The van der Waals surface area contributed by atoms with Crippen molar-refractivity contribution < 1.29 is 18.9 Å². The van der Waals surface area contributed by atoms with E-state index in [1.165, 1.54) is 0 Å². The van der Waals surface area contributed by atoms with Crippen molar-refractivity contribution in [2.24, 2.45) is 5.92 Å². The van der Waals surface area contributed by atoms with Crippen molar-refractivity contribution in [1.82, 2.24) is 0 Å². The van der Waals surface area contributed by atoms with Gasteiger partial charge in [0, 0.05) is 6.42 Å². The molecule has 0 amide bonds. The van der Waals surface area contributed by atoms with E-state index < -0.39 is 0 Å². The van der Waals surface area contributed by atoms with Crippen molar-refractivity contribution in [2.75, 3.05) is 0 Å². The van der Waals surface area contributed by atoms with Crippen LogP contribution in [0.2, 0.25) is 0 Å². The fourth-order valence-electron chi connectivity index (χ4n) is 0.183. The standard InChI is InChI=1S/C5H9N.Li/c1-5(2)3-4-6;/h5H,3H2,1-2H3;/q;+1. The molecule has 0 spiro atoms. The molecule has 0 aliphatic carbocycles. The molecule has 0 fully saturated rings. The maximum Gasteiger partial charge on any atom is 1.00 e. The molecule has 0 heterocycles. The maximum absolute atomic E-state index is 7.99. The summed E-state index contributed by atoms with van der Waals surface area (Å²) in [5.74, 6) is 0.537. The molecule has 0 saturated carbocycles. The summed E-state index contributed by atoms with van der Waals surface area (Å²) in [6, 6.07) is 2.07. The Labute approximate surface area is 56.9 Å². The Kier molecular flexibility index (Phi) is 8.82. The van der Waals surface area contributed by atoms with Crippen LogP contribution >= 0.6 is 0 Å². The van der Waals surface area contributed by atoms with Gasteiger partial charge in [-0.2, -0.15) is 5.26 Å². The van der Waals surface area contributed by atoms with Gasteiger partial charge in [-0.1, -0.05) is 13.8 Å². The van der Waals surface area contributed by atoms with Crippen molar-refractivity contribution in [3.63, 3.8) is 0 Å². The van der Waals surface area contributed by atoms with Gasteiger partial charge in [0.15, 0.2) is 0 Å². The molecular formula is C5H9LiN+. The van der Waals surface area contributed by atoms with Gasteiger partial charge in [-0.25, -0.2) is 0 Å². The zero-order valence-electron chi connectivity index (χ0n) is 5.23. The summed E-state index contributed by atoms with van der Waals surface area (Å²) >= 11 is 0. The van der Waals surface area contributed by atoms with E-state index in [4.69, 9.17) is 5.26 Å². The van der Waals surface area contributed by atoms with Crippen LogP contribution in [0, 0.1) is 17.2 Å². The molecule has 0 saturated heterocycles. The second-order valence-corrected chi connectivity index (χ2v) is 1.76. The molecule has 0 N–H and O–H groups in total. The van der Waals surface area contributed by atoms with Crippen LogP contribution in [0.3, 0.4) is 0 Å². The Bertz CT molecular complexity index is 63.0. The van der Waals surface area contributed by atoms with E-state index in [1.807, 2.05) is 13.8 Å². The van der Waals surface area contributed by atoms with Gasteiger partial charge in [0.25, 0.3) is 0 Å². The van der Waals surface area contributed by atoms with Gasteiger partial charge in [0.05, 0.1) is 6.07 Å². The monoisotopic (exact) mass is 90.1 g/mol. The average molecular weight is 90.1 g/mol. The Morgan fingerprint density at radius 3 is 2.00 bits per heavy atom. The van der Waals surface area contributed by atoms with Gasteiger partial charge in [-0.3, -0.25) is 0 Å². The summed E-state index contributed by atoms with van der Waals surface area (Å²) in [6.45, 7) is 4.06. The number of nitriles is 1. The van der Waals surface area contributed by atoms with Crippen molar-refractivity contribution in [3.05, 3.63) is 0 Å². The molecule has 0 aromatic carbocycles. The second kappa shape index (κ2) is 6.09. The van der Waals surface area contributed by atoms with E-state index in [0.29, 0.717) is 12.3 Å². The smallest absolute Gasteiger partial charge is 0.198 e. The maximum atomic E-state index is 7.99. The van der Waals surface area contributed by atoms with E-state index in [1.54, 1.807) is 0 Å². The molecule has 0 rings (SSSR count). The van der Waals surface area contributed by atoms with E-state index in [-0.39, 0.29) is 18.9 Å². The van der Waals surface area contributed by atoms with Crippen LogP contribution in [-0.4, -0.2) is 0 Å². The third kappa shape index (κ3) is 10.7. The van der Waals surface area contributed by atoms with Crippen molar-refractivity contribution in [2.45, 2.75) is 20.3 Å². The van der Waals surface area contributed by atoms with Gasteiger partial charge in [-0.15, -0.1) is 0 Å². The van der Waals surface area contributed by atoms with Gasteiger partial charge in [-0.05, 0) is 5.92 Å². The normalized spacial score (nSPS) is 7.14. The third-order valence-corrected chi connectivity index (χ3v) is 0.500. The Balaban J connectivity index is 0. The Hall–Kier alpha value is 0.0874. The van der Waals surface area contributed by atoms with Gasteiger partial charge in [0.2, 0.25) is 0 Å². The van der Waals surface area contributed by atoms with Crippen LogP contribution in [0.5, 0.6) is 0 Å². The third-order valence-electron chi connectivity index (χ3n) is 0.500. The molecule has 0 radical (unpaired) electrons. The number of nitrogens with zero attached hydrogens (tertiary/aromatic N) is 1. The van der Waals surface area contributed by atoms with Crippen LogP contribution in [0.25, 0.3) is 0 Å². The van der Waals surface area contributed by atoms with Gasteiger partial charge >= 0.3 is 18.9 Å². The summed E-state index contributed by atoms with van der Waals surface area (Å²) in [5.41, 5.74) is 0. The van der Waals surface area contributed by atoms with E-state index >= 15 is 0 Å². The number of rotatable bonds is 1. The molecule has 7 heavy (non-hydrogen) atoms. The summed E-state index contributed by atoms with van der Waals surface area (Å²) in [6.07, 6.45) is 0.681. The predicted molar refractivity (Wildman–Crippen MR) is 25.1 cm³/mol. The van der Waals surface area contributed by atoms with Crippen LogP contribution < -0.4 is 18.9 Å². The average Bonchev–Trinajstić information content (AvgIpc) is 1.35. The van der Waals surface area contributed by atoms with Gasteiger partial charge in [0.1, 0.15) is 0 Å². The minimum Gasteiger partial charge on any atom is -0.198 e. The van der Waals surface area contributed by atoms with Gasteiger partial charge < -0.3 is 0 Å². The van der Waals surface area contributed by atoms with E-state index in [0.717, 1.165) is 0 Å². The van der Waals surface area contributed by atoms with E-state index in [9.17, 15) is 0 Å². The summed E-state index contributed by atoms with van der Waals surface area (Å²) in [4.78, 5) is 0. The molecule has 0 unspecified atom stereocenters. The molecular weight excluding hydrogens is 81.0 g/mol. The summed E-state index contributed by atoms with van der Waals surface area (Å²) < 4.78 is 0. The first-order valence-corrected chi connectivity index (χ1v) is 2.14. The quantitative estimate of drug-likeness (QED) is 0.362. The summed E-state index contributed by atoms with van der Waals surface area (Å²) in [7, 11) is 0. The van der Waals surface area contributed by atoms with Crippen LogP contribution in [0.1, 0.15) is 20.3 Å². The fourth-order valence-corrected chi connectivity index (χ4v) is 0.183. The molecule has 0 aliphatic heterocycles. The molecule has 0 bridgehead atoms. The summed E-state index contributed by atoms with van der Waals surface area (Å²) in [5, 5.41) is 7.99. The largest absolute Gasteiger partial charge is 1.00 e. The molecule has 34 valence electrons. The Morgan fingerprint density at radius 2 is 2.00 bits per heavy atom. The van der Waals surface area contributed by atoms with Crippen molar-refractivity contribution >= 4 is 0 Å². The molecule has 0 aliphatic rings. The predicted octanol–water partition coefficient (Wildman–Crippen LogP) is -1.44. The molecule has 0 aromatic heterocycles. The van der Waals surface area contributed by atoms with Crippen LogP contribution in [-0.2, 0) is 0 Å². The molecule has 0 atom stereocenters. The SMILES string of the molecule is CC(C)CC#N.[Li+]. The van der Waals surface area contributed by atoms with E-state index in [2.05, 4.69) is 6.07 Å². The fraction of sp³-hybridized carbons (Fsp3) is 0.800.